The molecule has 1 aliphatic rings. The number of carbonyl (C=O) groups is 1. The van der Waals surface area contributed by atoms with E-state index in [9.17, 15) is 9.90 Å². The Hall–Kier alpha value is -2.78. The fraction of sp³-hybridized carbons (Fsp3) is 0.273. The van der Waals surface area contributed by atoms with E-state index in [1.165, 1.54) is 16.6 Å². The van der Waals surface area contributed by atoms with Crippen LogP contribution >= 0.6 is 11.3 Å². The van der Waals surface area contributed by atoms with Gasteiger partial charge in [-0.1, -0.05) is 17.4 Å². The fourth-order valence-electron chi connectivity index (χ4n) is 3.31. The van der Waals surface area contributed by atoms with Crippen molar-refractivity contribution in [2.24, 2.45) is 0 Å². The fourth-order valence-corrected chi connectivity index (χ4v) is 4.32. The number of phenols is 1. The molecule has 1 unspecified atom stereocenters. The zero-order valence-corrected chi connectivity index (χ0v) is 17.5. The standard InChI is InChI=1S/C22H22N2O5S/c1-3-27-24(28-4-2)12-16-18(26)10-9-14-11-15(19(13-25)29-21(14)16)22-23-17-7-5-6-8-20(17)30-22/h5-11,13,19,26H,3-4,12H2,1-2H3. The number of thiazole rings is 1. The molecule has 1 N–H and O–H groups in total. The monoisotopic (exact) mass is 426 g/mol. The number of fused-ring (bicyclic) bond motifs is 2. The van der Waals surface area contributed by atoms with E-state index in [0.29, 0.717) is 30.1 Å². The SMILES string of the molecule is CCON(Cc1c(O)ccc2c1OC(C=O)C(c1nc3ccccc3s1)=C2)OCC. The van der Waals surface area contributed by atoms with Crippen LogP contribution in [0.4, 0.5) is 0 Å². The molecular formula is C22H22N2O5S. The Balaban J connectivity index is 1.75. The number of aromatic hydroxyl groups is 1. The van der Waals surface area contributed by atoms with Crippen LogP contribution in [0, 0.1) is 0 Å². The normalized spacial score (nSPS) is 15.7. The molecular weight excluding hydrogens is 404 g/mol. The number of aldehydes is 1. The molecule has 0 radical (unpaired) electrons. The van der Waals surface area contributed by atoms with Crippen LogP contribution in [0.15, 0.2) is 36.4 Å². The van der Waals surface area contributed by atoms with Gasteiger partial charge in [0.15, 0.2) is 12.4 Å². The van der Waals surface area contributed by atoms with Crippen molar-refractivity contribution in [3.05, 3.63) is 52.5 Å². The van der Waals surface area contributed by atoms with Crippen molar-refractivity contribution < 1.29 is 24.3 Å². The minimum atomic E-state index is -0.828. The molecule has 3 aromatic rings. The highest BCUT2D eigenvalue weighted by Gasteiger charge is 2.29. The highest BCUT2D eigenvalue weighted by atomic mass is 32.1. The van der Waals surface area contributed by atoms with Gasteiger partial charge in [-0.15, -0.1) is 11.3 Å². The van der Waals surface area contributed by atoms with Gasteiger partial charge in [0, 0.05) is 11.1 Å². The van der Waals surface area contributed by atoms with Gasteiger partial charge in [0.1, 0.15) is 16.5 Å². The number of hydrogen-bond donors (Lipinski definition) is 1. The van der Waals surface area contributed by atoms with Crippen molar-refractivity contribution >= 4 is 39.5 Å². The lowest BCUT2D eigenvalue weighted by Gasteiger charge is -2.27. The zero-order chi connectivity index (χ0) is 21.1. The second-order valence-electron chi connectivity index (χ2n) is 6.57. The van der Waals surface area contributed by atoms with Gasteiger partial charge < -0.3 is 9.84 Å². The highest BCUT2D eigenvalue weighted by Crippen LogP contribution is 2.41. The summed E-state index contributed by atoms with van der Waals surface area (Å²) in [5, 5.41) is 12.5. The average Bonchev–Trinajstić information content (AvgIpc) is 3.19. The summed E-state index contributed by atoms with van der Waals surface area (Å²) < 4.78 is 7.09. The Morgan fingerprint density at radius 2 is 1.97 bits per heavy atom. The highest BCUT2D eigenvalue weighted by molar-refractivity contribution is 7.19. The first-order valence-corrected chi connectivity index (χ1v) is 10.5. The Bertz CT molecular complexity index is 1060. The molecule has 0 spiro atoms. The van der Waals surface area contributed by atoms with Gasteiger partial charge in [-0.05, 0) is 44.2 Å². The molecule has 0 aliphatic carbocycles. The van der Waals surface area contributed by atoms with Crippen LogP contribution in [-0.4, -0.2) is 40.9 Å². The average molecular weight is 426 g/mol. The van der Waals surface area contributed by atoms with E-state index in [1.54, 1.807) is 12.1 Å². The molecule has 2 heterocycles. The largest absolute Gasteiger partial charge is 0.507 e. The first-order chi connectivity index (χ1) is 14.6. The number of carbonyl (C=O) groups excluding carboxylic acids is 1. The maximum Gasteiger partial charge on any atom is 0.182 e. The molecule has 0 fully saturated rings. The van der Waals surface area contributed by atoms with Crippen molar-refractivity contribution in [3.63, 3.8) is 0 Å². The predicted molar refractivity (Wildman–Crippen MR) is 115 cm³/mol. The molecule has 0 saturated heterocycles. The van der Waals surface area contributed by atoms with Crippen LogP contribution in [0.5, 0.6) is 11.5 Å². The summed E-state index contributed by atoms with van der Waals surface area (Å²) in [4.78, 5) is 27.5. The summed E-state index contributed by atoms with van der Waals surface area (Å²) in [5.74, 6) is 0.473. The Morgan fingerprint density at radius 3 is 2.67 bits per heavy atom. The van der Waals surface area contributed by atoms with Crippen LogP contribution in [-0.2, 0) is 21.0 Å². The van der Waals surface area contributed by atoms with Gasteiger partial charge in [0.05, 0.1) is 35.5 Å². The van der Waals surface area contributed by atoms with Gasteiger partial charge >= 0.3 is 0 Å². The summed E-state index contributed by atoms with van der Waals surface area (Å²) in [6.45, 7) is 4.66. The van der Waals surface area contributed by atoms with Crippen molar-refractivity contribution in [1.29, 1.82) is 0 Å². The van der Waals surface area contributed by atoms with Gasteiger partial charge in [0.25, 0.3) is 0 Å². The second kappa shape index (κ2) is 8.93. The molecule has 1 aromatic heterocycles. The lowest BCUT2D eigenvalue weighted by Crippen LogP contribution is -2.27. The number of phenolic OH excluding ortho intramolecular Hbond substituents is 1. The molecule has 1 atom stereocenters. The van der Waals surface area contributed by atoms with Crippen LogP contribution in [0.2, 0.25) is 0 Å². The smallest absolute Gasteiger partial charge is 0.182 e. The molecule has 7 nitrogen and oxygen atoms in total. The van der Waals surface area contributed by atoms with Crippen LogP contribution < -0.4 is 4.74 Å². The molecule has 4 rings (SSSR count). The number of aromatic nitrogens is 1. The van der Waals surface area contributed by atoms with E-state index in [-0.39, 0.29) is 12.3 Å². The molecule has 30 heavy (non-hydrogen) atoms. The van der Waals surface area contributed by atoms with Gasteiger partial charge in [-0.25, -0.2) is 4.98 Å². The molecule has 8 heteroatoms. The predicted octanol–water partition coefficient (Wildman–Crippen LogP) is 4.21. The van der Waals surface area contributed by atoms with Crippen molar-refractivity contribution in [1.82, 2.24) is 10.2 Å². The van der Waals surface area contributed by atoms with Gasteiger partial charge in [-0.2, -0.15) is 0 Å². The van der Waals surface area contributed by atoms with Crippen LogP contribution in [0.25, 0.3) is 21.9 Å². The summed E-state index contributed by atoms with van der Waals surface area (Å²) in [6.07, 6.45) is 1.81. The number of nitrogens with zero attached hydrogens (tertiary/aromatic N) is 2. The van der Waals surface area contributed by atoms with Gasteiger partial charge in [-0.3, -0.25) is 14.5 Å². The molecule has 156 valence electrons. The van der Waals surface area contributed by atoms with Crippen molar-refractivity contribution in [3.8, 4) is 11.5 Å². The topological polar surface area (TPSA) is 81.1 Å². The third kappa shape index (κ3) is 3.95. The van der Waals surface area contributed by atoms with E-state index < -0.39 is 6.10 Å². The maximum atomic E-state index is 11.9. The van der Waals surface area contributed by atoms with E-state index >= 15 is 0 Å². The van der Waals surface area contributed by atoms with E-state index in [4.69, 9.17) is 14.4 Å². The number of para-hydroxylation sites is 1. The molecule has 2 aromatic carbocycles. The Kier molecular flexibility index (Phi) is 6.10. The summed E-state index contributed by atoms with van der Waals surface area (Å²) in [5.41, 5.74) is 2.81. The molecule has 0 saturated carbocycles. The second-order valence-corrected chi connectivity index (χ2v) is 7.60. The quantitative estimate of drug-likeness (QED) is 0.427. The van der Waals surface area contributed by atoms with E-state index in [0.717, 1.165) is 27.1 Å². The Morgan fingerprint density at radius 1 is 1.20 bits per heavy atom. The number of ether oxygens (including phenoxy) is 1. The number of hydroxylamine groups is 2. The number of benzene rings is 2. The molecule has 1 aliphatic heterocycles. The lowest BCUT2D eigenvalue weighted by atomic mass is 9.99. The summed E-state index contributed by atoms with van der Waals surface area (Å²) in [6, 6.07) is 11.2. The van der Waals surface area contributed by atoms with Gasteiger partial charge in [0.2, 0.25) is 0 Å². The number of hydrogen-bond acceptors (Lipinski definition) is 8. The van der Waals surface area contributed by atoms with Crippen LogP contribution in [0.1, 0.15) is 30.0 Å². The van der Waals surface area contributed by atoms with Crippen molar-refractivity contribution in [2.75, 3.05) is 13.2 Å². The minimum Gasteiger partial charge on any atom is -0.507 e. The van der Waals surface area contributed by atoms with Crippen LogP contribution in [0.3, 0.4) is 0 Å². The Labute approximate surface area is 178 Å². The lowest BCUT2D eigenvalue weighted by molar-refractivity contribution is -0.371. The van der Waals surface area contributed by atoms with E-state index in [1.807, 2.05) is 44.2 Å². The number of rotatable bonds is 8. The molecule has 0 bridgehead atoms. The zero-order valence-electron chi connectivity index (χ0n) is 16.7. The third-order valence-electron chi connectivity index (χ3n) is 4.63. The minimum absolute atomic E-state index is 0.0413. The third-order valence-corrected chi connectivity index (χ3v) is 5.71. The van der Waals surface area contributed by atoms with E-state index in [2.05, 4.69) is 4.98 Å². The summed E-state index contributed by atoms with van der Waals surface area (Å²) >= 11 is 1.51. The maximum absolute atomic E-state index is 11.9. The first-order valence-electron chi connectivity index (χ1n) is 9.72. The molecule has 0 amide bonds. The summed E-state index contributed by atoms with van der Waals surface area (Å²) in [7, 11) is 0. The van der Waals surface area contributed by atoms with Crippen molar-refractivity contribution in [2.45, 2.75) is 26.5 Å². The first kappa shape index (κ1) is 20.5.